The summed E-state index contributed by atoms with van der Waals surface area (Å²) in [5.74, 6) is -0.236. The van der Waals surface area contributed by atoms with Crippen LogP contribution in [0.5, 0.6) is 0 Å². The lowest BCUT2D eigenvalue weighted by Gasteiger charge is -2.00. The Bertz CT molecular complexity index is 592. The Kier molecular flexibility index (Phi) is 3.10. The molecule has 4 heteroatoms. The van der Waals surface area contributed by atoms with Crippen molar-refractivity contribution in [3.05, 3.63) is 36.0 Å². The summed E-state index contributed by atoms with van der Waals surface area (Å²) in [6.45, 7) is 0.460. The van der Waals surface area contributed by atoms with Crippen LogP contribution >= 0.6 is 0 Å². The maximum Gasteiger partial charge on any atom is 0.234 e. The molecular weight excluding hydrogens is 214 g/mol. The number of nitrogens with zero attached hydrogens (tertiary/aromatic N) is 2. The lowest BCUT2D eigenvalue weighted by Crippen LogP contribution is -2.21. The molecule has 0 aliphatic carbocycles. The zero-order valence-corrected chi connectivity index (χ0v) is 9.60. The quantitative estimate of drug-likeness (QED) is 0.867. The number of aromatic nitrogens is 1. The van der Waals surface area contributed by atoms with Crippen molar-refractivity contribution >= 4 is 16.8 Å². The highest BCUT2D eigenvalue weighted by atomic mass is 16.1. The molecule has 1 amide bonds. The molecule has 1 aromatic heterocycles. The second-order valence-corrected chi connectivity index (χ2v) is 3.89. The molecule has 2 aromatic rings. The first-order valence-electron chi connectivity index (χ1n) is 5.39. The second-order valence-electron chi connectivity index (χ2n) is 3.89. The fourth-order valence-electron chi connectivity index (χ4n) is 1.89. The molecule has 0 saturated carbocycles. The van der Waals surface area contributed by atoms with E-state index in [9.17, 15) is 4.79 Å². The molecule has 2 rings (SSSR count). The first-order chi connectivity index (χ1) is 8.22. The number of amides is 1. The van der Waals surface area contributed by atoms with Crippen molar-refractivity contribution < 1.29 is 4.79 Å². The molecule has 0 unspecified atom stereocenters. The van der Waals surface area contributed by atoms with E-state index >= 15 is 0 Å². The highest BCUT2D eigenvalue weighted by Crippen LogP contribution is 2.19. The van der Waals surface area contributed by atoms with Gasteiger partial charge in [0.15, 0.2) is 0 Å². The van der Waals surface area contributed by atoms with E-state index in [2.05, 4.69) is 5.32 Å². The Morgan fingerprint density at radius 3 is 3.00 bits per heavy atom. The molecule has 1 aromatic carbocycles. The van der Waals surface area contributed by atoms with Crippen molar-refractivity contribution in [2.75, 3.05) is 0 Å². The summed E-state index contributed by atoms with van der Waals surface area (Å²) in [5.41, 5.74) is 2.20. The van der Waals surface area contributed by atoms with Gasteiger partial charge in [-0.15, -0.1) is 0 Å². The lowest BCUT2D eigenvalue weighted by molar-refractivity contribution is -0.120. The molecule has 4 nitrogen and oxygen atoms in total. The summed E-state index contributed by atoms with van der Waals surface area (Å²) in [4.78, 5) is 11.2. The first-order valence-corrected chi connectivity index (χ1v) is 5.39. The monoisotopic (exact) mass is 227 g/mol. The lowest BCUT2D eigenvalue weighted by atomic mass is 10.2. The fourth-order valence-corrected chi connectivity index (χ4v) is 1.89. The predicted molar refractivity (Wildman–Crippen MR) is 65.0 cm³/mol. The van der Waals surface area contributed by atoms with Crippen molar-refractivity contribution in [3.63, 3.8) is 0 Å². The molecule has 17 heavy (non-hydrogen) atoms. The summed E-state index contributed by atoms with van der Waals surface area (Å²) in [6, 6.07) is 9.86. The Balaban J connectivity index is 2.20. The number of rotatable bonds is 3. The van der Waals surface area contributed by atoms with Gasteiger partial charge >= 0.3 is 0 Å². The molecule has 0 saturated heterocycles. The normalized spacial score (nSPS) is 10.1. The van der Waals surface area contributed by atoms with Crippen LogP contribution in [0, 0.1) is 11.3 Å². The summed E-state index contributed by atoms with van der Waals surface area (Å²) < 4.78 is 2.03. The van der Waals surface area contributed by atoms with E-state index in [0.717, 1.165) is 16.5 Å². The van der Waals surface area contributed by atoms with Gasteiger partial charge in [0.1, 0.15) is 6.42 Å². The summed E-state index contributed by atoms with van der Waals surface area (Å²) in [7, 11) is 1.98. The van der Waals surface area contributed by atoms with Gasteiger partial charge in [-0.1, -0.05) is 18.2 Å². The van der Waals surface area contributed by atoms with Gasteiger partial charge in [-0.3, -0.25) is 4.79 Å². The van der Waals surface area contributed by atoms with Gasteiger partial charge in [0, 0.05) is 30.7 Å². The molecule has 86 valence electrons. The van der Waals surface area contributed by atoms with Crippen LogP contribution in [0.4, 0.5) is 0 Å². The summed E-state index contributed by atoms with van der Waals surface area (Å²) in [6.07, 6.45) is 1.90. The first kappa shape index (κ1) is 11.2. The van der Waals surface area contributed by atoms with Gasteiger partial charge in [0.2, 0.25) is 5.91 Å². The number of nitriles is 1. The Morgan fingerprint density at radius 2 is 2.24 bits per heavy atom. The van der Waals surface area contributed by atoms with Crippen LogP contribution in [0.3, 0.4) is 0 Å². The average Bonchev–Trinajstić information content (AvgIpc) is 2.65. The van der Waals surface area contributed by atoms with Crippen molar-refractivity contribution in [1.82, 2.24) is 9.88 Å². The molecule has 0 bridgehead atoms. The van der Waals surface area contributed by atoms with E-state index in [0.29, 0.717) is 6.54 Å². The van der Waals surface area contributed by atoms with E-state index in [-0.39, 0.29) is 12.3 Å². The number of aryl methyl sites for hydroxylation is 1. The largest absolute Gasteiger partial charge is 0.351 e. The van der Waals surface area contributed by atoms with Gasteiger partial charge in [0.25, 0.3) is 0 Å². The molecule has 0 spiro atoms. The average molecular weight is 227 g/mol. The third-order valence-corrected chi connectivity index (χ3v) is 2.70. The summed E-state index contributed by atoms with van der Waals surface area (Å²) >= 11 is 0. The maximum atomic E-state index is 11.2. The molecular formula is C13H13N3O. The molecule has 0 radical (unpaired) electrons. The SMILES string of the molecule is Cn1cc(CNC(=O)CC#N)c2ccccc21. The van der Waals surface area contributed by atoms with E-state index in [4.69, 9.17) is 5.26 Å². The molecule has 1 heterocycles. The molecule has 0 fully saturated rings. The van der Waals surface area contributed by atoms with E-state index in [1.165, 1.54) is 0 Å². The standard InChI is InChI=1S/C13H13N3O/c1-16-9-10(8-15-13(17)6-7-14)11-4-2-3-5-12(11)16/h2-5,9H,6,8H2,1H3,(H,15,17). The van der Waals surface area contributed by atoms with Crippen LogP contribution in [0.1, 0.15) is 12.0 Å². The number of benzene rings is 1. The van der Waals surface area contributed by atoms with Gasteiger partial charge in [-0.25, -0.2) is 0 Å². The highest BCUT2D eigenvalue weighted by molar-refractivity contribution is 5.84. The van der Waals surface area contributed by atoms with Gasteiger partial charge < -0.3 is 9.88 Å². The predicted octanol–water partition coefficient (Wildman–Crippen LogP) is 1.71. The van der Waals surface area contributed by atoms with Crippen molar-refractivity contribution in [2.45, 2.75) is 13.0 Å². The van der Waals surface area contributed by atoms with Gasteiger partial charge in [-0.2, -0.15) is 5.26 Å². The number of hydrogen-bond acceptors (Lipinski definition) is 2. The Hall–Kier alpha value is -2.28. The maximum absolute atomic E-state index is 11.2. The van der Waals surface area contributed by atoms with Crippen molar-refractivity contribution in [2.24, 2.45) is 7.05 Å². The minimum atomic E-state index is -0.236. The van der Waals surface area contributed by atoms with Crippen molar-refractivity contribution in [1.29, 1.82) is 5.26 Å². The second kappa shape index (κ2) is 4.71. The number of para-hydroxylation sites is 1. The number of fused-ring (bicyclic) bond motifs is 1. The minimum absolute atomic E-state index is 0.0925. The van der Waals surface area contributed by atoms with Crippen LogP contribution in [0.25, 0.3) is 10.9 Å². The topological polar surface area (TPSA) is 57.8 Å². The van der Waals surface area contributed by atoms with Gasteiger partial charge in [-0.05, 0) is 11.6 Å². The minimum Gasteiger partial charge on any atom is -0.351 e. The Morgan fingerprint density at radius 1 is 1.47 bits per heavy atom. The number of nitrogens with one attached hydrogen (secondary N) is 1. The highest BCUT2D eigenvalue weighted by Gasteiger charge is 2.06. The zero-order chi connectivity index (χ0) is 12.3. The Labute approximate surface area is 99.5 Å². The van der Waals surface area contributed by atoms with E-state index in [1.807, 2.05) is 48.1 Å². The zero-order valence-electron chi connectivity index (χ0n) is 9.60. The third kappa shape index (κ3) is 2.28. The van der Waals surface area contributed by atoms with Gasteiger partial charge in [0.05, 0.1) is 6.07 Å². The van der Waals surface area contributed by atoms with Crippen LogP contribution in [-0.4, -0.2) is 10.5 Å². The third-order valence-electron chi connectivity index (χ3n) is 2.70. The molecule has 0 atom stereocenters. The van der Waals surface area contributed by atoms with Crippen molar-refractivity contribution in [3.8, 4) is 6.07 Å². The van der Waals surface area contributed by atoms with Crippen LogP contribution < -0.4 is 5.32 Å². The van der Waals surface area contributed by atoms with Crippen LogP contribution in [0.15, 0.2) is 30.5 Å². The number of carbonyl (C=O) groups is 1. The smallest absolute Gasteiger partial charge is 0.234 e. The molecule has 0 aliphatic heterocycles. The van der Waals surface area contributed by atoms with Crippen LogP contribution in [-0.2, 0) is 18.4 Å². The van der Waals surface area contributed by atoms with E-state index < -0.39 is 0 Å². The number of carbonyl (C=O) groups excluding carboxylic acids is 1. The van der Waals surface area contributed by atoms with E-state index in [1.54, 1.807) is 0 Å². The molecule has 0 aliphatic rings. The fraction of sp³-hybridized carbons (Fsp3) is 0.231. The van der Waals surface area contributed by atoms with Crippen LogP contribution in [0.2, 0.25) is 0 Å². The summed E-state index contributed by atoms with van der Waals surface area (Å²) in [5, 5.41) is 12.3. The molecule has 1 N–H and O–H groups in total. The number of hydrogen-bond donors (Lipinski definition) is 1.